The summed E-state index contributed by atoms with van der Waals surface area (Å²) in [6.45, 7) is 3.66. The number of para-hydroxylation sites is 2. The van der Waals surface area contributed by atoms with Gasteiger partial charge in [0.25, 0.3) is 5.56 Å². The fraction of sp³-hybridized carbons (Fsp3) is 0.200. The largest absolute Gasteiger partial charge is 0.495 e. The van der Waals surface area contributed by atoms with Crippen molar-refractivity contribution in [3.05, 3.63) is 57.5 Å². The number of nitrogens with zero attached hydrogens (tertiary/aromatic N) is 2. The third kappa shape index (κ3) is 2.11. The Hall–Kier alpha value is -2.54. The smallest absolute Gasteiger partial charge is 0.273 e. The standard InChI is InChI=1S/C15H14N2O2/c1-10-9-17(15(18)12(8-16)11(10)2)13-6-4-5-7-14(13)19-3/h4-7,9H,1-3H3. The monoisotopic (exact) mass is 254 g/mol. The van der Waals surface area contributed by atoms with Crippen molar-refractivity contribution in [3.63, 3.8) is 0 Å². The summed E-state index contributed by atoms with van der Waals surface area (Å²) in [6.07, 6.45) is 1.73. The molecule has 0 amide bonds. The summed E-state index contributed by atoms with van der Waals surface area (Å²) in [7, 11) is 1.55. The van der Waals surface area contributed by atoms with E-state index >= 15 is 0 Å². The molecule has 0 bridgehead atoms. The number of aromatic nitrogens is 1. The summed E-state index contributed by atoms with van der Waals surface area (Å²) in [5, 5.41) is 9.13. The molecule has 0 aliphatic rings. The lowest BCUT2D eigenvalue weighted by Gasteiger charge is -2.13. The molecule has 0 radical (unpaired) electrons. The third-order valence-electron chi connectivity index (χ3n) is 3.18. The first kappa shape index (κ1) is 12.9. The summed E-state index contributed by atoms with van der Waals surface area (Å²) >= 11 is 0. The Balaban J connectivity index is 2.81. The highest BCUT2D eigenvalue weighted by molar-refractivity contribution is 5.49. The molecule has 1 aromatic carbocycles. The molecule has 0 unspecified atom stereocenters. The molecule has 0 saturated heterocycles. The topological polar surface area (TPSA) is 55.0 Å². The molecule has 1 aromatic heterocycles. The molecule has 4 nitrogen and oxygen atoms in total. The van der Waals surface area contributed by atoms with Crippen LogP contribution in [0.5, 0.6) is 5.75 Å². The molecule has 19 heavy (non-hydrogen) atoms. The van der Waals surface area contributed by atoms with E-state index in [9.17, 15) is 4.79 Å². The Labute approximate surface area is 111 Å². The van der Waals surface area contributed by atoms with E-state index in [1.165, 1.54) is 4.57 Å². The van der Waals surface area contributed by atoms with E-state index in [0.29, 0.717) is 11.4 Å². The molecule has 0 atom stereocenters. The van der Waals surface area contributed by atoms with E-state index in [1.807, 2.05) is 25.1 Å². The van der Waals surface area contributed by atoms with E-state index in [1.54, 1.807) is 32.4 Å². The van der Waals surface area contributed by atoms with Crippen LogP contribution in [-0.4, -0.2) is 11.7 Å². The number of benzene rings is 1. The molecule has 0 N–H and O–H groups in total. The van der Waals surface area contributed by atoms with Crippen LogP contribution in [0.15, 0.2) is 35.3 Å². The summed E-state index contributed by atoms with van der Waals surface area (Å²) in [4.78, 5) is 12.3. The highest BCUT2D eigenvalue weighted by atomic mass is 16.5. The molecule has 0 spiro atoms. The first-order valence-corrected chi connectivity index (χ1v) is 5.86. The third-order valence-corrected chi connectivity index (χ3v) is 3.18. The van der Waals surface area contributed by atoms with Crippen molar-refractivity contribution in [1.29, 1.82) is 5.26 Å². The van der Waals surface area contributed by atoms with E-state index in [0.717, 1.165) is 11.1 Å². The van der Waals surface area contributed by atoms with Gasteiger partial charge in [-0.25, -0.2) is 0 Å². The fourth-order valence-electron chi connectivity index (χ4n) is 1.97. The van der Waals surface area contributed by atoms with Gasteiger partial charge in [0.05, 0.1) is 12.8 Å². The van der Waals surface area contributed by atoms with Crippen molar-refractivity contribution in [2.75, 3.05) is 7.11 Å². The molecular weight excluding hydrogens is 240 g/mol. The van der Waals surface area contributed by atoms with Crippen LogP contribution in [0, 0.1) is 25.2 Å². The molecule has 1 heterocycles. The van der Waals surface area contributed by atoms with Gasteiger partial charge in [0.2, 0.25) is 0 Å². The van der Waals surface area contributed by atoms with Crippen LogP contribution >= 0.6 is 0 Å². The number of methoxy groups -OCH3 is 1. The van der Waals surface area contributed by atoms with Crippen LogP contribution < -0.4 is 10.3 Å². The maximum absolute atomic E-state index is 12.3. The van der Waals surface area contributed by atoms with Crippen molar-refractivity contribution < 1.29 is 4.74 Å². The minimum atomic E-state index is -0.324. The van der Waals surface area contributed by atoms with Crippen molar-refractivity contribution >= 4 is 0 Å². The molecule has 0 aliphatic carbocycles. The quantitative estimate of drug-likeness (QED) is 0.826. The number of pyridine rings is 1. The molecule has 0 saturated carbocycles. The normalized spacial score (nSPS) is 10.0. The molecule has 96 valence electrons. The Morgan fingerprint density at radius 3 is 2.58 bits per heavy atom. The number of nitriles is 1. The van der Waals surface area contributed by atoms with Gasteiger partial charge in [-0.05, 0) is 37.1 Å². The molecular formula is C15H14N2O2. The molecule has 2 rings (SSSR count). The van der Waals surface area contributed by atoms with E-state index in [-0.39, 0.29) is 11.1 Å². The van der Waals surface area contributed by atoms with Crippen LogP contribution in [0.25, 0.3) is 5.69 Å². The second-order valence-corrected chi connectivity index (χ2v) is 4.27. The zero-order chi connectivity index (χ0) is 14.0. The maximum atomic E-state index is 12.3. The molecule has 0 aliphatic heterocycles. The number of hydrogen-bond acceptors (Lipinski definition) is 3. The van der Waals surface area contributed by atoms with E-state index < -0.39 is 0 Å². The average molecular weight is 254 g/mol. The summed E-state index contributed by atoms with van der Waals surface area (Å²) in [5.41, 5.74) is 2.09. The van der Waals surface area contributed by atoms with Gasteiger partial charge in [0.1, 0.15) is 17.4 Å². The molecule has 4 heteroatoms. The average Bonchev–Trinajstić information content (AvgIpc) is 2.43. The van der Waals surface area contributed by atoms with Crippen LogP contribution in [0.4, 0.5) is 0 Å². The van der Waals surface area contributed by atoms with E-state index in [2.05, 4.69) is 0 Å². The van der Waals surface area contributed by atoms with Crippen molar-refractivity contribution in [3.8, 4) is 17.5 Å². The lowest BCUT2D eigenvalue weighted by atomic mass is 10.1. The van der Waals surface area contributed by atoms with Gasteiger partial charge in [-0.3, -0.25) is 9.36 Å². The van der Waals surface area contributed by atoms with Gasteiger partial charge >= 0.3 is 0 Å². The van der Waals surface area contributed by atoms with Gasteiger partial charge in [0, 0.05) is 6.20 Å². The highest BCUT2D eigenvalue weighted by Crippen LogP contribution is 2.21. The predicted octanol–water partition coefficient (Wildman–Crippen LogP) is 2.33. The number of aryl methyl sites for hydroxylation is 1. The molecule has 2 aromatic rings. The van der Waals surface area contributed by atoms with Gasteiger partial charge in [-0.15, -0.1) is 0 Å². The lowest BCUT2D eigenvalue weighted by molar-refractivity contribution is 0.412. The Morgan fingerprint density at radius 2 is 1.95 bits per heavy atom. The van der Waals surface area contributed by atoms with Crippen LogP contribution in [0.2, 0.25) is 0 Å². The summed E-state index contributed by atoms with van der Waals surface area (Å²) < 4.78 is 6.71. The first-order chi connectivity index (χ1) is 9.10. The fourth-order valence-corrected chi connectivity index (χ4v) is 1.97. The second kappa shape index (κ2) is 4.99. The molecule has 0 fully saturated rings. The van der Waals surface area contributed by atoms with Crippen molar-refractivity contribution in [1.82, 2.24) is 4.57 Å². The van der Waals surface area contributed by atoms with Crippen LogP contribution in [0.1, 0.15) is 16.7 Å². The minimum absolute atomic E-state index is 0.172. The summed E-state index contributed by atoms with van der Waals surface area (Å²) in [6, 6.07) is 9.20. The van der Waals surface area contributed by atoms with Gasteiger partial charge < -0.3 is 4.74 Å². The highest BCUT2D eigenvalue weighted by Gasteiger charge is 2.13. The van der Waals surface area contributed by atoms with Gasteiger partial charge in [-0.2, -0.15) is 5.26 Å². The Bertz CT molecular complexity index is 724. The van der Waals surface area contributed by atoms with Gasteiger partial charge in [0.15, 0.2) is 0 Å². The number of hydrogen-bond donors (Lipinski definition) is 0. The van der Waals surface area contributed by atoms with Crippen LogP contribution in [-0.2, 0) is 0 Å². The predicted molar refractivity (Wildman–Crippen MR) is 72.8 cm³/mol. The maximum Gasteiger partial charge on any atom is 0.273 e. The SMILES string of the molecule is COc1ccccc1-n1cc(C)c(C)c(C#N)c1=O. The first-order valence-electron chi connectivity index (χ1n) is 5.86. The number of rotatable bonds is 2. The van der Waals surface area contributed by atoms with Crippen molar-refractivity contribution in [2.24, 2.45) is 0 Å². The Morgan fingerprint density at radius 1 is 1.26 bits per heavy atom. The zero-order valence-electron chi connectivity index (χ0n) is 11.1. The number of ether oxygens (including phenoxy) is 1. The van der Waals surface area contributed by atoms with Crippen LogP contribution in [0.3, 0.4) is 0 Å². The van der Waals surface area contributed by atoms with Gasteiger partial charge in [-0.1, -0.05) is 12.1 Å². The minimum Gasteiger partial charge on any atom is -0.495 e. The van der Waals surface area contributed by atoms with E-state index in [4.69, 9.17) is 10.00 Å². The summed E-state index contributed by atoms with van der Waals surface area (Å²) in [5.74, 6) is 0.594. The lowest BCUT2D eigenvalue weighted by Crippen LogP contribution is -2.23. The Kier molecular flexibility index (Phi) is 3.39. The van der Waals surface area contributed by atoms with Crippen molar-refractivity contribution in [2.45, 2.75) is 13.8 Å². The zero-order valence-corrected chi connectivity index (χ0v) is 11.1. The second-order valence-electron chi connectivity index (χ2n) is 4.27.